The molecule has 2 bridgehead atoms. The van der Waals surface area contributed by atoms with Crippen molar-refractivity contribution in [3.8, 4) is 0 Å². The molecule has 0 N–H and O–H groups in total. The average molecular weight is 247 g/mol. The topological polar surface area (TPSA) is 3.24 Å². The molecule has 1 saturated heterocycles. The maximum absolute atomic E-state index is 2.80. The van der Waals surface area contributed by atoms with Crippen molar-refractivity contribution in [2.45, 2.75) is 46.0 Å². The van der Waals surface area contributed by atoms with Gasteiger partial charge in [0.25, 0.3) is 0 Å². The predicted octanol–water partition coefficient (Wildman–Crippen LogP) is 3.96. The third-order valence-corrected chi connectivity index (χ3v) is 5.80. The van der Waals surface area contributed by atoms with Crippen LogP contribution in [0.5, 0.6) is 0 Å². The SMILES string of the molecule is CCCCC(CC)CN1CC2C3C=CC(C3)C2C1. The minimum Gasteiger partial charge on any atom is -0.302 e. The zero-order chi connectivity index (χ0) is 12.5. The van der Waals surface area contributed by atoms with Crippen LogP contribution in [0.3, 0.4) is 0 Å². The predicted molar refractivity (Wildman–Crippen MR) is 77.5 cm³/mol. The van der Waals surface area contributed by atoms with Crippen molar-refractivity contribution in [3.63, 3.8) is 0 Å². The van der Waals surface area contributed by atoms with Crippen molar-refractivity contribution in [1.82, 2.24) is 4.90 Å². The number of rotatable bonds is 6. The number of nitrogens with zero attached hydrogens (tertiary/aromatic N) is 1. The number of unbranched alkanes of at least 4 members (excludes halogenated alkanes) is 1. The Morgan fingerprint density at radius 2 is 1.78 bits per heavy atom. The molecule has 0 aromatic rings. The molecule has 0 aromatic heterocycles. The van der Waals surface area contributed by atoms with Crippen LogP contribution in [0.2, 0.25) is 0 Å². The van der Waals surface area contributed by atoms with E-state index in [-0.39, 0.29) is 0 Å². The van der Waals surface area contributed by atoms with Gasteiger partial charge in [0.1, 0.15) is 0 Å². The van der Waals surface area contributed by atoms with Crippen LogP contribution in [-0.2, 0) is 0 Å². The van der Waals surface area contributed by atoms with E-state index in [9.17, 15) is 0 Å². The van der Waals surface area contributed by atoms with Gasteiger partial charge in [-0.3, -0.25) is 0 Å². The van der Waals surface area contributed by atoms with E-state index in [4.69, 9.17) is 0 Å². The fourth-order valence-electron chi connectivity index (χ4n) is 4.67. The summed E-state index contributed by atoms with van der Waals surface area (Å²) < 4.78 is 0. The summed E-state index contributed by atoms with van der Waals surface area (Å²) in [6.07, 6.45) is 12.1. The quantitative estimate of drug-likeness (QED) is 0.642. The number of fused-ring (bicyclic) bond motifs is 5. The third-order valence-electron chi connectivity index (χ3n) is 5.80. The number of hydrogen-bond donors (Lipinski definition) is 0. The van der Waals surface area contributed by atoms with Gasteiger partial charge in [-0.25, -0.2) is 0 Å². The van der Waals surface area contributed by atoms with E-state index in [1.54, 1.807) is 0 Å². The first-order chi connectivity index (χ1) is 8.81. The summed E-state index contributed by atoms with van der Waals surface area (Å²) in [5.74, 6) is 4.88. The molecule has 5 unspecified atom stereocenters. The maximum Gasteiger partial charge on any atom is 0.00189 e. The molecule has 1 nitrogen and oxygen atoms in total. The largest absolute Gasteiger partial charge is 0.302 e. The first-order valence-corrected chi connectivity index (χ1v) is 8.22. The van der Waals surface area contributed by atoms with Crippen molar-refractivity contribution < 1.29 is 0 Å². The maximum atomic E-state index is 2.80. The van der Waals surface area contributed by atoms with Crippen LogP contribution in [0.4, 0.5) is 0 Å². The Morgan fingerprint density at radius 3 is 2.33 bits per heavy atom. The summed E-state index contributed by atoms with van der Waals surface area (Å²) >= 11 is 0. The van der Waals surface area contributed by atoms with Crippen molar-refractivity contribution in [2.24, 2.45) is 29.6 Å². The van der Waals surface area contributed by atoms with Gasteiger partial charge in [-0.05, 0) is 42.4 Å². The lowest BCUT2D eigenvalue weighted by molar-refractivity contribution is 0.238. The highest BCUT2D eigenvalue weighted by atomic mass is 15.2. The lowest BCUT2D eigenvalue weighted by Crippen LogP contribution is -2.29. The number of allylic oxidation sites excluding steroid dienone is 2. The van der Waals surface area contributed by atoms with Crippen LogP contribution in [-0.4, -0.2) is 24.5 Å². The van der Waals surface area contributed by atoms with Gasteiger partial charge in [0.15, 0.2) is 0 Å². The summed E-state index contributed by atoms with van der Waals surface area (Å²) in [5, 5.41) is 0. The molecule has 102 valence electrons. The second-order valence-corrected chi connectivity index (χ2v) is 6.91. The summed E-state index contributed by atoms with van der Waals surface area (Å²) in [6.45, 7) is 8.87. The summed E-state index contributed by atoms with van der Waals surface area (Å²) in [6, 6.07) is 0. The van der Waals surface area contributed by atoms with Crippen LogP contribution in [0.25, 0.3) is 0 Å². The van der Waals surface area contributed by atoms with Crippen molar-refractivity contribution in [1.29, 1.82) is 0 Å². The van der Waals surface area contributed by atoms with E-state index in [0.717, 1.165) is 29.6 Å². The molecule has 2 aliphatic carbocycles. The van der Waals surface area contributed by atoms with Crippen LogP contribution in [0.15, 0.2) is 12.2 Å². The normalized spacial score (nSPS) is 39.4. The van der Waals surface area contributed by atoms with Crippen LogP contribution in [0, 0.1) is 29.6 Å². The second kappa shape index (κ2) is 5.36. The average Bonchev–Trinajstić information content (AvgIpc) is 3.05. The molecule has 3 rings (SSSR count). The monoisotopic (exact) mass is 247 g/mol. The van der Waals surface area contributed by atoms with Gasteiger partial charge in [-0.15, -0.1) is 0 Å². The number of likely N-dealkylation sites (tertiary alicyclic amines) is 1. The first kappa shape index (κ1) is 12.7. The molecule has 1 aliphatic heterocycles. The van der Waals surface area contributed by atoms with E-state index >= 15 is 0 Å². The highest BCUT2D eigenvalue weighted by Gasteiger charge is 2.48. The van der Waals surface area contributed by atoms with Gasteiger partial charge in [0.2, 0.25) is 0 Å². The second-order valence-electron chi connectivity index (χ2n) is 6.91. The van der Waals surface area contributed by atoms with Gasteiger partial charge in [-0.1, -0.05) is 45.3 Å². The van der Waals surface area contributed by atoms with Crippen molar-refractivity contribution >= 4 is 0 Å². The van der Waals surface area contributed by atoms with E-state index in [2.05, 4.69) is 30.9 Å². The smallest absolute Gasteiger partial charge is 0.00189 e. The molecule has 1 heterocycles. The molecule has 1 heteroatoms. The van der Waals surface area contributed by atoms with E-state index < -0.39 is 0 Å². The molecule has 0 spiro atoms. The highest BCUT2D eigenvalue weighted by molar-refractivity contribution is 5.16. The molecular formula is C17H29N. The minimum atomic E-state index is 0.945. The van der Waals surface area contributed by atoms with Gasteiger partial charge >= 0.3 is 0 Å². The van der Waals surface area contributed by atoms with Gasteiger partial charge in [0, 0.05) is 19.6 Å². The first-order valence-electron chi connectivity index (χ1n) is 8.22. The Hall–Kier alpha value is -0.300. The van der Waals surface area contributed by atoms with E-state index in [1.807, 2.05) is 0 Å². The Labute approximate surface area is 113 Å². The van der Waals surface area contributed by atoms with Gasteiger partial charge in [0.05, 0.1) is 0 Å². The van der Waals surface area contributed by atoms with E-state index in [0.29, 0.717) is 0 Å². The lowest BCUT2D eigenvalue weighted by Gasteiger charge is -2.24. The minimum absolute atomic E-state index is 0.945. The molecular weight excluding hydrogens is 218 g/mol. The van der Waals surface area contributed by atoms with Crippen LogP contribution < -0.4 is 0 Å². The Balaban J connectivity index is 1.51. The number of hydrogen-bond acceptors (Lipinski definition) is 1. The zero-order valence-corrected chi connectivity index (χ0v) is 12.1. The Bertz CT molecular complexity index is 289. The molecule has 1 saturated carbocycles. The van der Waals surface area contributed by atoms with Crippen LogP contribution >= 0.6 is 0 Å². The summed E-state index contributed by atoms with van der Waals surface area (Å²) in [5.41, 5.74) is 0. The Morgan fingerprint density at radius 1 is 1.11 bits per heavy atom. The molecule has 18 heavy (non-hydrogen) atoms. The van der Waals surface area contributed by atoms with Gasteiger partial charge < -0.3 is 4.90 Å². The molecule has 0 radical (unpaired) electrons. The lowest BCUT2D eigenvalue weighted by atomic mass is 9.86. The van der Waals surface area contributed by atoms with Gasteiger partial charge in [-0.2, -0.15) is 0 Å². The van der Waals surface area contributed by atoms with Crippen molar-refractivity contribution in [2.75, 3.05) is 19.6 Å². The highest BCUT2D eigenvalue weighted by Crippen LogP contribution is 2.51. The third kappa shape index (κ3) is 2.27. The van der Waals surface area contributed by atoms with E-state index in [1.165, 1.54) is 51.7 Å². The Kier molecular flexibility index (Phi) is 3.79. The molecule has 0 amide bonds. The van der Waals surface area contributed by atoms with Crippen molar-refractivity contribution in [3.05, 3.63) is 12.2 Å². The molecule has 5 atom stereocenters. The molecule has 2 fully saturated rings. The fourth-order valence-corrected chi connectivity index (χ4v) is 4.67. The standard InChI is InChI=1S/C17H29N/c1-3-5-6-13(4-2)10-18-11-16-14-7-8-15(9-14)17(16)12-18/h7-8,13-17H,3-6,9-12H2,1-2H3. The zero-order valence-electron chi connectivity index (χ0n) is 12.1. The molecule has 3 aliphatic rings. The summed E-state index contributed by atoms with van der Waals surface area (Å²) in [7, 11) is 0. The summed E-state index contributed by atoms with van der Waals surface area (Å²) in [4.78, 5) is 2.80. The van der Waals surface area contributed by atoms with Crippen LogP contribution in [0.1, 0.15) is 46.0 Å². The fraction of sp³-hybridized carbons (Fsp3) is 0.882. The molecule has 0 aromatic carbocycles.